The van der Waals surface area contributed by atoms with Crippen LogP contribution in [-0.4, -0.2) is 22.4 Å². The van der Waals surface area contributed by atoms with Gasteiger partial charge in [0.25, 0.3) is 0 Å². The average Bonchev–Trinajstić information content (AvgIpc) is 2.93. The van der Waals surface area contributed by atoms with Gasteiger partial charge in [-0.2, -0.15) is 5.10 Å². The van der Waals surface area contributed by atoms with Gasteiger partial charge in [0, 0.05) is 25.0 Å². The molecule has 1 N–H and O–H groups in total. The summed E-state index contributed by atoms with van der Waals surface area (Å²) in [7, 11) is 2.05. The van der Waals surface area contributed by atoms with Crippen LogP contribution in [0, 0.1) is 11.8 Å². The first-order chi connectivity index (χ1) is 10.2. The Bertz CT molecular complexity index is 399. The van der Waals surface area contributed by atoms with Gasteiger partial charge in [0.1, 0.15) is 0 Å². The topological polar surface area (TPSA) is 29.9 Å². The van der Waals surface area contributed by atoms with E-state index in [0.717, 1.165) is 24.8 Å². The first-order valence-electron chi connectivity index (χ1n) is 8.94. The fourth-order valence-electron chi connectivity index (χ4n) is 3.85. The number of hydrogen-bond donors (Lipinski definition) is 1. The molecule has 0 amide bonds. The predicted molar refractivity (Wildman–Crippen MR) is 89.3 cm³/mol. The molecule has 3 nitrogen and oxygen atoms in total. The first-order valence-corrected chi connectivity index (χ1v) is 8.94. The van der Waals surface area contributed by atoms with E-state index in [1.165, 1.54) is 50.6 Å². The van der Waals surface area contributed by atoms with Crippen LogP contribution >= 0.6 is 0 Å². The first kappa shape index (κ1) is 16.5. The van der Waals surface area contributed by atoms with Crippen molar-refractivity contribution in [3.05, 3.63) is 18.0 Å². The van der Waals surface area contributed by atoms with E-state index >= 15 is 0 Å². The van der Waals surface area contributed by atoms with Crippen molar-refractivity contribution in [2.45, 2.75) is 71.3 Å². The maximum absolute atomic E-state index is 4.29. The zero-order valence-electron chi connectivity index (χ0n) is 14.1. The summed E-state index contributed by atoms with van der Waals surface area (Å²) in [4.78, 5) is 0. The van der Waals surface area contributed by atoms with Gasteiger partial charge >= 0.3 is 0 Å². The van der Waals surface area contributed by atoms with Crippen molar-refractivity contribution in [1.82, 2.24) is 15.1 Å². The third kappa shape index (κ3) is 4.84. The summed E-state index contributed by atoms with van der Waals surface area (Å²) in [6.07, 6.45) is 12.6. The molecule has 21 heavy (non-hydrogen) atoms. The number of aromatic nitrogens is 2. The van der Waals surface area contributed by atoms with Gasteiger partial charge in [-0.3, -0.25) is 4.68 Å². The van der Waals surface area contributed by atoms with E-state index in [4.69, 9.17) is 0 Å². The summed E-state index contributed by atoms with van der Waals surface area (Å²) in [6.45, 7) is 5.78. The average molecular weight is 291 g/mol. The third-order valence-corrected chi connectivity index (χ3v) is 5.26. The summed E-state index contributed by atoms with van der Waals surface area (Å²) in [5.74, 6) is 1.84. The Balaban J connectivity index is 1.91. The van der Waals surface area contributed by atoms with Gasteiger partial charge in [-0.15, -0.1) is 0 Å². The number of nitrogens with one attached hydrogen (secondary N) is 1. The Kier molecular flexibility index (Phi) is 6.75. The van der Waals surface area contributed by atoms with Crippen LogP contribution in [0.2, 0.25) is 0 Å². The lowest BCUT2D eigenvalue weighted by Crippen LogP contribution is -2.39. The Morgan fingerprint density at radius 1 is 1.38 bits per heavy atom. The molecular formula is C18H33N3. The van der Waals surface area contributed by atoms with Crippen LogP contribution in [0.15, 0.2) is 12.3 Å². The van der Waals surface area contributed by atoms with Crippen LogP contribution in [-0.2, 0) is 13.5 Å². The highest BCUT2D eigenvalue weighted by atomic mass is 15.2. The van der Waals surface area contributed by atoms with E-state index < -0.39 is 0 Å². The molecule has 120 valence electrons. The minimum Gasteiger partial charge on any atom is -0.314 e. The minimum absolute atomic E-state index is 0.689. The maximum Gasteiger partial charge on any atom is 0.0492 e. The highest BCUT2D eigenvalue weighted by Crippen LogP contribution is 2.34. The quantitative estimate of drug-likeness (QED) is 0.786. The van der Waals surface area contributed by atoms with Gasteiger partial charge in [0.05, 0.1) is 0 Å². The van der Waals surface area contributed by atoms with Gasteiger partial charge in [-0.05, 0) is 56.6 Å². The molecule has 2 rings (SSSR count). The number of hydrogen-bond acceptors (Lipinski definition) is 2. The molecule has 0 spiro atoms. The second-order valence-corrected chi connectivity index (χ2v) is 6.75. The van der Waals surface area contributed by atoms with Crippen molar-refractivity contribution < 1.29 is 0 Å². The minimum atomic E-state index is 0.689. The van der Waals surface area contributed by atoms with E-state index in [9.17, 15) is 0 Å². The Morgan fingerprint density at radius 2 is 2.24 bits per heavy atom. The van der Waals surface area contributed by atoms with Crippen LogP contribution in [0.3, 0.4) is 0 Å². The monoisotopic (exact) mass is 291 g/mol. The third-order valence-electron chi connectivity index (χ3n) is 5.26. The summed E-state index contributed by atoms with van der Waals surface area (Å²) in [5.41, 5.74) is 1.36. The molecule has 0 aliphatic heterocycles. The normalized spacial score (nSPS) is 24.1. The molecule has 1 heterocycles. The van der Waals surface area contributed by atoms with Crippen LogP contribution < -0.4 is 5.32 Å². The molecule has 1 aromatic rings. The van der Waals surface area contributed by atoms with Gasteiger partial charge in [0.15, 0.2) is 0 Å². The SMILES string of the molecule is CCCNC(CCc1ccnn1C)C1CCCC(CC)C1. The van der Waals surface area contributed by atoms with E-state index in [1.54, 1.807) is 0 Å². The number of aryl methyl sites for hydroxylation is 2. The van der Waals surface area contributed by atoms with Crippen molar-refractivity contribution in [2.24, 2.45) is 18.9 Å². The van der Waals surface area contributed by atoms with E-state index in [2.05, 4.69) is 37.4 Å². The fraction of sp³-hybridized carbons (Fsp3) is 0.833. The van der Waals surface area contributed by atoms with Gasteiger partial charge < -0.3 is 5.32 Å². The summed E-state index contributed by atoms with van der Waals surface area (Å²) < 4.78 is 2.02. The Labute approximate surface area is 130 Å². The summed E-state index contributed by atoms with van der Waals surface area (Å²) >= 11 is 0. The lowest BCUT2D eigenvalue weighted by molar-refractivity contribution is 0.201. The second kappa shape index (κ2) is 8.57. The van der Waals surface area contributed by atoms with Crippen molar-refractivity contribution in [1.29, 1.82) is 0 Å². The molecule has 0 bridgehead atoms. The number of nitrogens with zero attached hydrogens (tertiary/aromatic N) is 2. The van der Waals surface area contributed by atoms with Gasteiger partial charge in [0.2, 0.25) is 0 Å². The highest BCUT2D eigenvalue weighted by molar-refractivity contribution is 5.01. The lowest BCUT2D eigenvalue weighted by atomic mass is 9.75. The molecule has 3 heteroatoms. The fourth-order valence-corrected chi connectivity index (χ4v) is 3.85. The van der Waals surface area contributed by atoms with Crippen LogP contribution in [0.5, 0.6) is 0 Å². The predicted octanol–water partition coefficient (Wildman–Crippen LogP) is 3.94. The molecular weight excluding hydrogens is 258 g/mol. The zero-order chi connectivity index (χ0) is 15.1. The molecule has 0 saturated heterocycles. The van der Waals surface area contributed by atoms with E-state index in [0.29, 0.717) is 6.04 Å². The van der Waals surface area contributed by atoms with Crippen molar-refractivity contribution in [2.75, 3.05) is 6.54 Å². The van der Waals surface area contributed by atoms with Crippen molar-refractivity contribution in [3.8, 4) is 0 Å². The second-order valence-electron chi connectivity index (χ2n) is 6.75. The van der Waals surface area contributed by atoms with Crippen molar-refractivity contribution >= 4 is 0 Å². The lowest BCUT2D eigenvalue weighted by Gasteiger charge is -2.35. The molecule has 1 fully saturated rings. The van der Waals surface area contributed by atoms with Gasteiger partial charge in [-0.1, -0.05) is 33.1 Å². The molecule has 3 atom stereocenters. The molecule has 1 aliphatic rings. The summed E-state index contributed by atoms with van der Waals surface area (Å²) in [6, 6.07) is 2.85. The molecule has 1 saturated carbocycles. The molecule has 1 aromatic heterocycles. The van der Waals surface area contributed by atoms with Gasteiger partial charge in [-0.25, -0.2) is 0 Å². The zero-order valence-corrected chi connectivity index (χ0v) is 14.1. The molecule has 0 radical (unpaired) electrons. The molecule has 1 aliphatic carbocycles. The van der Waals surface area contributed by atoms with E-state index in [-0.39, 0.29) is 0 Å². The van der Waals surface area contributed by atoms with Crippen LogP contribution in [0.1, 0.15) is 64.5 Å². The summed E-state index contributed by atoms with van der Waals surface area (Å²) in [5, 5.41) is 8.13. The standard InChI is InChI=1S/C18H33N3/c1-4-12-19-18(10-9-17-11-13-20-21(17)3)16-8-6-7-15(5-2)14-16/h11,13,15-16,18-19H,4-10,12,14H2,1-3H3. The van der Waals surface area contributed by atoms with E-state index in [1.807, 2.05) is 10.9 Å². The number of rotatable bonds is 8. The highest BCUT2D eigenvalue weighted by Gasteiger charge is 2.27. The maximum atomic E-state index is 4.29. The Morgan fingerprint density at radius 3 is 2.90 bits per heavy atom. The molecule has 3 unspecified atom stereocenters. The largest absolute Gasteiger partial charge is 0.314 e. The van der Waals surface area contributed by atoms with Crippen LogP contribution in [0.4, 0.5) is 0 Å². The molecule has 0 aromatic carbocycles. The Hall–Kier alpha value is -0.830. The van der Waals surface area contributed by atoms with Crippen molar-refractivity contribution in [3.63, 3.8) is 0 Å². The smallest absolute Gasteiger partial charge is 0.0492 e. The van der Waals surface area contributed by atoms with Crippen LogP contribution in [0.25, 0.3) is 0 Å².